The molecule has 260 valence electrons. The number of primary amides is 2. The van der Waals surface area contributed by atoms with Crippen LogP contribution in [0.4, 0.5) is 0 Å². The molecule has 0 aliphatic rings. The Morgan fingerprint density at radius 3 is 1.57 bits per heavy atom. The molecule has 0 rings (SSSR count). The summed E-state index contributed by atoms with van der Waals surface area (Å²) < 4.78 is 0. The van der Waals surface area contributed by atoms with Gasteiger partial charge in [0, 0.05) is 0 Å². The summed E-state index contributed by atoms with van der Waals surface area (Å²) in [5, 5.41) is 40.5. The van der Waals surface area contributed by atoms with Gasteiger partial charge in [-0.15, -0.1) is 0 Å². The summed E-state index contributed by atoms with van der Waals surface area (Å²) in [6.45, 7) is -3.06. The van der Waals surface area contributed by atoms with Crippen molar-refractivity contribution in [3.63, 3.8) is 0 Å². The van der Waals surface area contributed by atoms with E-state index in [0.29, 0.717) is 19.4 Å². The molecule has 0 fully saturated rings. The number of amides is 8. The largest absolute Gasteiger partial charge is 0.480 e. The van der Waals surface area contributed by atoms with Gasteiger partial charge in [-0.05, 0) is 19.4 Å². The lowest BCUT2D eigenvalue weighted by atomic mass is 10.1. The first-order valence-electron chi connectivity index (χ1n) is 13.8. The molecular formula is C24H42N10O12. The van der Waals surface area contributed by atoms with Crippen LogP contribution in [0, 0.1) is 0 Å². The van der Waals surface area contributed by atoms with Crippen LogP contribution in [0.15, 0.2) is 0 Å². The van der Waals surface area contributed by atoms with Crippen LogP contribution in [0.2, 0.25) is 0 Å². The predicted octanol–water partition coefficient (Wildman–Crippen LogP) is -8.57. The number of hydrogen-bond donors (Lipinski definition) is 13. The highest BCUT2D eigenvalue weighted by atomic mass is 16.4. The Bertz CT molecular complexity index is 1120. The lowest BCUT2D eigenvalue weighted by molar-refractivity contribution is -0.144. The molecule has 46 heavy (non-hydrogen) atoms. The smallest absolute Gasteiger partial charge is 0.326 e. The maximum Gasteiger partial charge on any atom is 0.326 e. The molecule has 0 heterocycles. The fraction of sp³-hybridized carbons (Fsp3) is 0.625. The monoisotopic (exact) mass is 662 g/mol. The minimum absolute atomic E-state index is 0.252. The number of nitrogens with two attached hydrogens (primary N) is 4. The molecule has 0 saturated heterocycles. The van der Waals surface area contributed by atoms with Gasteiger partial charge >= 0.3 is 5.97 Å². The molecule has 8 amide bonds. The number of carboxylic acids is 1. The number of carbonyl (C=O) groups excluding carboxylic acids is 8. The summed E-state index contributed by atoms with van der Waals surface area (Å²) >= 11 is 0. The average Bonchev–Trinajstić information content (AvgIpc) is 2.98. The third-order valence-corrected chi connectivity index (χ3v) is 5.88. The molecule has 0 aromatic heterocycles. The lowest BCUT2D eigenvalue weighted by Gasteiger charge is -2.22. The second kappa shape index (κ2) is 21.7. The van der Waals surface area contributed by atoms with Crippen LogP contribution >= 0.6 is 0 Å². The topological polar surface area (TPSA) is 391 Å². The summed E-state index contributed by atoms with van der Waals surface area (Å²) in [6.07, 6.45) is -0.0983. The molecule has 0 bridgehead atoms. The van der Waals surface area contributed by atoms with Crippen molar-refractivity contribution < 1.29 is 58.5 Å². The van der Waals surface area contributed by atoms with Gasteiger partial charge in [0.2, 0.25) is 47.3 Å². The number of nitrogens with one attached hydrogen (secondary N) is 6. The number of rotatable bonds is 23. The number of unbranched alkanes of at least 4 members (excludes halogenated alkanes) is 1. The normalized spacial score (nSPS) is 13.8. The molecule has 22 heteroatoms. The standard InChI is InChI=1S/C24H42N10O12/c25-4-2-1-3-11(26)20(41)34-15(10-36)23(44)32-12(5-16(27)37)21(42)30-7-18(39)29-8-19(40)31-14(9-35)22(43)33-13(24(45)46)6-17(28)38/h11-15,35-36H,1-10,25-26H2,(H2,27,37)(H2,28,38)(H,29,39)(H,30,42)(H,31,40)(H,32,44)(H,33,43)(H,34,41)(H,45,46). The van der Waals surface area contributed by atoms with Crippen molar-refractivity contribution in [3.8, 4) is 0 Å². The minimum atomic E-state index is -1.73. The number of hydrogen-bond acceptors (Lipinski definition) is 13. The van der Waals surface area contributed by atoms with E-state index in [0.717, 1.165) is 0 Å². The van der Waals surface area contributed by atoms with Gasteiger partial charge < -0.3 is 70.2 Å². The summed E-state index contributed by atoms with van der Waals surface area (Å²) in [5.41, 5.74) is 21.2. The molecule has 0 aromatic rings. The maximum atomic E-state index is 12.6. The number of aliphatic hydroxyl groups is 2. The second-order valence-corrected chi connectivity index (χ2v) is 9.73. The molecule has 5 unspecified atom stereocenters. The Balaban J connectivity index is 5.02. The number of carbonyl (C=O) groups is 9. The van der Waals surface area contributed by atoms with E-state index < -0.39 is 123 Å². The van der Waals surface area contributed by atoms with Crippen molar-refractivity contribution in [2.24, 2.45) is 22.9 Å². The zero-order chi connectivity index (χ0) is 35.4. The van der Waals surface area contributed by atoms with Gasteiger partial charge in [0.15, 0.2) is 0 Å². The average molecular weight is 663 g/mol. The fourth-order valence-corrected chi connectivity index (χ4v) is 3.44. The van der Waals surface area contributed by atoms with Gasteiger partial charge in [0.1, 0.15) is 24.2 Å². The van der Waals surface area contributed by atoms with E-state index in [-0.39, 0.29) is 6.42 Å². The Morgan fingerprint density at radius 2 is 1.07 bits per heavy atom. The van der Waals surface area contributed by atoms with Crippen LogP contribution in [0.5, 0.6) is 0 Å². The molecule has 5 atom stereocenters. The minimum Gasteiger partial charge on any atom is -0.480 e. The van der Waals surface area contributed by atoms with Crippen LogP contribution in [0.25, 0.3) is 0 Å². The summed E-state index contributed by atoms with van der Waals surface area (Å²) in [6, 6.07) is -7.61. The van der Waals surface area contributed by atoms with Crippen LogP contribution in [0.1, 0.15) is 32.1 Å². The highest BCUT2D eigenvalue weighted by Crippen LogP contribution is 2.00. The molecule has 17 N–H and O–H groups in total. The molecule has 22 nitrogen and oxygen atoms in total. The van der Waals surface area contributed by atoms with Crippen molar-refractivity contribution >= 4 is 53.2 Å². The highest BCUT2D eigenvalue weighted by Gasteiger charge is 2.30. The van der Waals surface area contributed by atoms with E-state index in [9.17, 15) is 53.4 Å². The van der Waals surface area contributed by atoms with Gasteiger partial charge in [0.25, 0.3) is 0 Å². The fourth-order valence-electron chi connectivity index (χ4n) is 3.44. The molecular weight excluding hydrogens is 620 g/mol. The van der Waals surface area contributed by atoms with Crippen LogP contribution in [0.3, 0.4) is 0 Å². The second-order valence-electron chi connectivity index (χ2n) is 9.73. The van der Waals surface area contributed by atoms with E-state index in [1.165, 1.54) is 0 Å². The first-order valence-corrected chi connectivity index (χ1v) is 13.8. The van der Waals surface area contributed by atoms with Crippen LogP contribution < -0.4 is 54.8 Å². The van der Waals surface area contributed by atoms with Crippen LogP contribution in [-0.2, 0) is 43.2 Å². The van der Waals surface area contributed by atoms with E-state index in [4.69, 9.17) is 28.0 Å². The third kappa shape index (κ3) is 16.8. The van der Waals surface area contributed by atoms with E-state index in [2.05, 4.69) is 21.3 Å². The van der Waals surface area contributed by atoms with E-state index in [1.807, 2.05) is 10.6 Å². The lowest BCUT2D eigenvalue weighted by Crippen LogP contribution is -2.58. The Labute approximate surface area is 262 Å². The van der Waals surface area contributed by atoms with Gasteiger partial charge in [-0.2, -0.15) is 0 Å². The molecule has 0 radical (unpaired) electrons. The highest BCUT2D eigenvalue weighted by molar-refractivity contribution is 5.97. The molecule has 0 aromatic carbocycles. The Kier molecular flexibility index (Phi) is 19.4. The SMILES string of the molecule is NCCCCC(N)C(=O)NC(CO)C(=O)NC(CC(N)=O)C(=O)NCC(=O)NCC(=O)NC(CO)C(=O)NC(CC(N)=O)C(=O)O. The summed E-state index contributed by atoms with van der Waals surface area (Å²) in [4.78, 5) is 108. The van der Waals surface area contributed by atoms with Crippen molar-refractivity contribution in [2.45, 2.75) is 62.3 Å². The van der Waals surface area contributed by atoms with Gasteiger partial charge in [-0.25, -0.2) is 4.79 Å². The maximum absolute atomic E-state index is 12.6. The van der Waals surface area contributed by atoms with Gasteiger partial charge in [-0.1, -0.05) is 6.42 Å². The number of aliphatic carboxylic acids is 1. The zero-order valence-electron chi connectivity index (χ0n) is 24.8. The van der Waals surface area contributed by atoms with Crippen molar-refractivity contribution in [2.75, 3.05) is 32.8 Å². The first-order chi connectivity index (χ1) is 21.6. The third-order valence-electron chi connectivity index (χ3n) is 5.88. The van der Waals surface area contributed by atoms with E-state index >= 15 is 0 Å². The summed E-state index contributed by atoms with van der Waals surface area (Å²) in [5.74, 6) is -9.73. The molecule has 0 aliphatic carbocycles. The number of aliphatic hydroxyl groups excluding tert-OH is 2. The zero-order valence-corrected chi connectivity index (χ0v) is 24.8. The molecule has 0 spiro atoms. The summed E-state index contributed by atoms with van der Waals surface area (Å²) in [7, 11) is 0. The molecule has 0 aliphatic heterocycles. The first kappa shape index (κ1) is 41.1. The number of carboxylic acid groups (broad SMARTS) is 1. The Morgan fingerprint density at radius 1 is 0.587 bits per heavy atom. The quantitative estimate of drug-likeness (QED) is 0.0452. The molecule has 0 saturated carbocycles. The van der Waals surface area contributed by atoms with E-state index in [1.54, 1.807) is 0 Å². The van der Waals surface area contributed by atoms with Crippen LogP contribution in [-0.4, -0.2) is 132 Å². The van der Waals surface area contributed by atoms with Gasteiger partial charge in [-0.3, -0.25) is 38.4 Å². The predicted molar refractivity (Wildman–Crippen MR) is 154 cm³/mol. The van der Waals surface area contributed by atoms with Crippen molar-refractivity contribution in [1.29, 1.82) is 0 Å². The van der Waals surface area contributed by atoms with Crippen molar-refractivity contribution in [1.82, 2.24) is 31.9 Å². The van der Waals surface area contributed by atoms with Gasteiger partial charge in [0.05, 0.1) is 45.2 Å². The Hall–Kier alpha value is -4.93. The van der Waals surface area contributed by atoms with Crippen molar-refractivity contribution in [3.05, 3.63) is 0 Å².